The number of rotatable bonds is 4. The van der Waals surface area contributed by atoms with Gasteiger partial charge in [-0.15, -0.1) is 0 Å². The van der Waals surface area contributed by atoms with Gasteiger partial charge in [-0.05, 0) is 6.92 Å². The Morgan fingerprint density at radius 2 is 2.27 bits per heavy atom. The summed E-state index contributed by atoms with van der Waals surface area (Å²) in [6.07, 6.45) is 2.49. The van der Waals surface area contributed by atoms with E-state index >= 15 is 0 Å². The van der Waals surface area contributed by atoms with Crippen LogP contribution < -0.4 is 5.73 Å². The lowest BCUT2D eigenvalue weighted by atomic mass is 10.1. The van der Waals surface area contributed by atoms with Crippen molar-refractivity contribution in [1.29, 1.82) is 0 Å². The van der Waals surface area contributed by atoms with Crippen molar-refractivity contribution in [2.45, 2.75) is 19.1 Å². The standard InChI is InChI=1S/C8H11N3O4/c1-8(15,7(13)14)4-11-3-5(2-10-11)6(9)12/h2-3,15H,4H2,1H3,(H2,9,12)(H,13,14). The Morgan fingerprint density at radius 3 is 2.67 bits per heavy atom. The van der Waals surface area contributed by atoms with Crippen LogP contribution in [0.2, 0.25) is 0 Å². The van der Waals surface area contributed by atoms with Gasteiger partial charge in [-0.2, -0.15) is 5.10 Å². The van der Waals surface area contributed by atoms with Gasteiger partial charge in [0, 0.05) is 6.20 Å². The second-order valence-electron chi connectivity index (χ2n) is 3.37. The minimum Gasteiger partial charge on any atom is -0.479 e. The summed E-state index contributed by atoms with van der Waals surface area (Å²) < 4.78 is 1.15. The van der Waals surface area contributed by atoms with Gasteiger partial charge in [-0.1, -0.05) is 0 Å². The molecule has 4 N–H and O–H groups in total. The molecule has 0 aliphatic rings. The first-order valence-corrected chi connectivity index (χ1v) is 4.11. The molecule has 0 saturated heterocycles. The van der Waals surface area contributed by atoms with E-state index in [0.29, 0.717) is 0 Å². The van der Waals surface area contributed by atoms with E-state index < -0.39 is 17.5 Å². The van der Waals surface area contributed by atoms with Gasteiger partial charge in [0.05, 0.1) is 18.3 Å². The summed E-state index contributed by atoms with van der Waals surface area (Å²) in [5, 5.41) is 21.7. The number of carboxylic acids is 1. The lowest BCUT2D eigenvalue weighted by Crippen LogP contribution is -2.39. The average Bonchev–Trinajstić information content (AvgIpc) is 2.51. The quantitative estimate of drug-likeness (QED) is 0.581. The van der Waals surface area contributed by atoms with Crippen molar-refractivity contribution in [3.63, 3.8) is 0 Å². The number of aromatic nitrogens is 2. The number of primary amides is 1. The lowest BCUT2D eigenvalue weighted by Gasteiger charge is -2.17. The van der Waals surface area contributed by atoms with Crippen LogP contribution in [0.15, 0.2) is 12.4 Å². The van der Waals surface area contributed by atoms with Gasteiger partial charge in [0.2, 0.25) is 0 Å². The Bertz CT molecular complexity index is 396. The van der Waals surface area contributed by atoms with E-state index in [1.807, 2.05) is 0 Å². The van der Waals surface area contributed by atoms with E-state index in [-0.39, 0.29) is 12.1 Å². The number of aliphatic carboxylic acids is 1. The fourth-order valence-electron chi connectivity index (χ4n) is 0.960. The fourth-order valence-corrected chi connectivity index (χ4v) is 0.960. The Labute approximate surface area is 85.1 Å². The third-order valence-electron chi connectivity index (χ3n) is 1.85. The topological polar surface area (TPSA) is 118 Å². The monoisotopic (exact) mass is 213 g/mol. The number of amides is 1. The van der Waals surface area contributed by atoms with Gasteiger partial charge in [-0.25, -0.2) is 4.79 Å². The number of nitrogens with two attached hydrogens (primary N) is 1. The molecule has 0 fully saturated rings. The third kappa shape index (κ3) is 2.53. The molecular formula is C8H11N3O4. The second-order valence-corrected chi connectivity index (χ2v) is 3.37. The highest BCUT2D eigenvalue weighted by Crippen LogP contribution is 2.07. The van der Waals surface area contributed by atoms with Gasteiger partial charge >= 0.3 is 5.97 Å². The molecule has 0 radical (unpaired) electrons. The van der Waals surface area contributed by atoms with Crippen LogP contribution in [-0.2, 0) is 11.3 Å². The maximum atomic E-state index is 10.7. The Kier molecular flexibility index (Phi) is 2.76. The van der Waals surface area contributed by atoms with Crippen LogP contribution in [0.1, 0.15) is 17.3 Å². The van der Waals surface area contributed by atoms with Crippen LogP contribution in [0.4, 0.5) is 0 Å². The zero-order valence-electron chi connectivity index (χ0n) is 8.04. The van der Waals surface area contributed by atoms with Gasteiger partial charge < -0.3 is 15.9 Å². The van der Waals surface area contributed by atoms with Gasteiger partial charge in [-0.3, -0.25) is 9.48 Å². The van der Waals surface area contributed by atoms with Crippen LogP contribution in [0, 0.1) is 0 Å². The molecule has 0 aromatic carbocycles. The molecule has 1 aromatic heterocycles. The molecule has 82 valence electrons. The molecule has 1 atom stereocenters. The van der Waals surface area contributed by atoms with Gasteiger partial charge in [0.1, 0.15) is 0 Å². The number of hydrogen-bond donors (Lipinski definition) is 3. The maximum absolute atomic E-state index is 10.7. The number of carboxylic acid groups (broad SMARTS) is 1. The summed E-state index contributed by atoms with van der Waals surface area (Å²) in [6, 6.07) is 0. The van der Waals surface area contributed by atoms with E-state index in [1.165, 1.54) is 12.4 Å². The zero-order valence-corrected chi connectivity index (χ0v) is 8.04. The molecule has 1 amide bonds. The summed E-state index contributed by atoms with van der Waals surface area (Å²) in [5.41, 5.74) is 3.21. The van der Waals surface area contributed by atoms with Crippen molar-refractivity contribution in [3.8, 4) is 0 Å². The van der Waals surface area contributed by atoms with Crippen molar-refractivity contribution in [2.24, 2.45) is 5.73 Å². The molecule has 0 aliphatic carbocycles. The molecule has 1 rings (SSSR count). The SMILES string of the molecule is CC(O)(Cn1cc(C(N)=O)cn1)C(=O)O. The minimum atomic E-state index is -1.93. The Balaban J connectivity index is 2.82. The van der Waals surface area contributed by atoms with E-state index in [2.05, 4.69) is 5.10 Å². The molecule has 0 spiro atoms. The van der Waals surface area contributed by atoms with E-state index in [4.69, 9.17) is 10.8 Å². The Morgan fingerprint density at radius 1 is 1.67 bits per heavy atom. The molecule has 7 nitrogen and oxygen atoms in total. The largest absolute Gasteiger partial charge is 0.479 e. The van der Waals surface area contributed by atoms with E-state index in [9.17, 15) is 14.7 Å². The van der Waals surface area contributed by atoms with E-state index in [0.717, 1.165) is 11.6 Å². The summed E-state index contributed by atoms with van der Waals surface area (Å²) >= 11 is 0. The Hall–Kier alpha value is -1.89. The summed E-state index contributed by atoms with van der Waals surface area (Å²) in [6.45, 7) is 0.885. The molecule has 0 bridgehead atoms. The van der Waals surface area contributed by atoms with Crippen LogP contribution in [0.5, 0.6) is 0 Å². The molecule has 1 unspecified atom stereocenters. The summed E-state index contributed by atoms with van der Waals surface area (Å²) in [4.78, 5) is 21.3. The van der Waals surface area contributed by atoms with Crippen molar-refractivity contribution in [3.05, 3.63) is 18.0 Å². The predicted molar refractivity (Wildman–Crippen MR) is 49.0 cm³/mol. The molecule has 0 aliphatic heterocycles. The number of aliphatic hydroxyl groups is 1. The van der Waals surface area contributed by atoms with Crippen molar-refractivity contribution < 1.29 is 19.8 Å². The number of carbonyl (C=O) groups is 2. The number of hydrogen-bond acceptors (Lipinski definition) is 4. The van der Waals surface area contributed by atoms with Gasteiger partial charge in [0.25, 0.3) is 5.91 Å². The summed E-state index contributed by atoms with van der Waals surface area (Å²) in [5.74, 6) is -2.02. The molecule has 1 heterocycles. The molecule has 7 heteroatoms. The zero-order chi connectivity index (χ0) is 11.6. The van der Waals surface area contributed by atoms with Crippen molar-refractivity contribution >= 4 is 11.9 Å². The first-order valence-electron chi connectivity index (χ1n) is 4.11. The number of carbonyl (C=O) groups excluding carboxylic acids is 1. The third-order valence-corrected chi connectivity index (χ3v) is 1.85. The smallest absolute Gasteiger partial charge is 0.337 e. The van der Waals surface area contributed by atoms with Crippen molar-refractivity contribution in [1.82, 2.24) is 9.78 Å². The lowest BCUT2D eigenvalue weighted by molar-refractivity contribution is -0.158. The van der Waals surface area contributed by atoms with Crippen LogP contribution in [0.3, 0.4) is 0 Å². The normalized spacial score (nSPS) is 14.5. The minimum absolute atomic E-state index is 0.163. The average molecular weight is 213 g/mol. The van der Waals surface area contributed by atoms with Crippen molar-refractivity contribution in [2.75, 3.05) is 0 Å². The number of nitrogens with zero attached hydrogens (tertiary/aromatic N) is 2. The highest BCUT2D eigenvalue weighted by atomic mass is 16.4. The van der Waals surface area contributed by atoms with Crippen LogP contribution >= 0.6 is 0 Å². The first-order chi connectivity index (χ1) is 6.83. The molecule has 15 heavy (non-hydrogen) atoms. The molecule has 1 aromatic rings. The molecular weight excluding hydrogens is 202 g/mol. The predicted octanol–water partition coefficient (Wildman–Crippen LogP) is -1.18. The fraction of sp³-hybridized carbons (Fsp3) is 0.375. The second kappa shape index (κ2) is 3.70. The highest BCUT2D eigenvalue weighted by Gasteiger charge is 2.30. The highest BCUT2D eigenvalue weighted by molar-refractivity contribution is 5.92. The van der Waals surface area contributed by atoms with Crippen LogP contribution in [0.25, 0.3) is 0 Å². The first kappa shape index (κ1) is 11.2. The maximum Gasteiger partial charge on any atom is 0.337 e. The molecule has 0 saturated carbocycles. The van der Waals surface area contributed by atoms with Gasteiger partial charge in [0.15, 0.2) is 5.60 Å². The van der Waals surface area contributed by atoms with Crippen LogP contribution in [-0.4, -0.2) is 37.5 Å². The van der Waals surface area contributed by atoms with E-state index in [1.54, 1.807) is 0 Å². The summed E-state index contributed by atoms with van der Waals surface area (Å²) in [7, 11) is 0.